The number of nitrogens with one attached hydrogen (secondary N) is 2. The molecule has 0 bridgehead atoms. The van der Waals surface area contributed by atoms with E-state index >= 15 is 0 Å². The summed E-state index contributed by atoms with van der Waals surface area (Å²) in [5.74, 6) is -0.631. The molecule has 0 saturated heterocycles. The molecule has 7 heteroatoms. The number of nitrogens with zero attached hydrogens (tertiary/aromatic N) is 1. The van der Waals surface area contributed by atoms with Crippen LogP contribution in [0.1, 0.15) is 34.3 Å². The van der Waals surface area contributed by atoms with E-state index < -0.39 is 10.0 Å². The first-order chi connectivity index (χ1) is 12.0. The lowest BCUT2D eigenvalue weighted by Gasteiger charge is -2.13. The fraction of sp³-hybridized carbons (Fsp3) is 0.222. The van der Waals surface area contributed by atoms with Crippen LogP contribution in [0.15, 0.2) is 48.5 Å². The lowest BCUT2D eigenvalue weighted by Crippen LogP contribution is -2.27. The molecule has 0 heterocycles. The molecule has 128 valence electrons. The lowest BCUT2D eigenvalue weighted by atomic mass is 10.1. The highest BCUT2D eigenvalue weighted by atomic mass is 32.2. The Morgan fingerprint density at radius 1 is 1.12 bits per heavy atom. The number of carbonyl (C=O) groups is 1. The molecular formula is C18H17N3O3S. The van der Waals surface area contributed by atoms with Crippen LogP contribution in [0, 0.1) is 11.3 Å². The van der Waals surface area contributed by atoms with Crippen LogP contribution in [0.2, 0.25) is 0 Å². The molecule has 1 amide bonds. The minimum Gasteiger partial charge on any atom is -0.349 e. The highest BCUT2D eigenvalue weighted by Crippen LogP contribution is 2.23. The molecule has 2 N–H and O–H groups in total. The highest BCUT2D eigenvalue weighted by Gasteiger charge is 2.25. The van der Waals surface area contributed by atoms with Gasteiger partial charge < -0.3 is 5.32 Å². The normalized spacial score (nSPS) is 13.7. The highest BCUT2D eigenvalue weighted by molar-refractivity contribution is 7.91. The molecule has 2 aromatic rings. The van der Waals surface area contributed by atoms with Crippen molar-refractivity contribution in [3.8, 4) is 6.07 Å². The van der Waals surface area contributed by atoms with Crippen LogP contribution in [0.5, 0.6) is 0 Å². The van der Waals surface area contributed by atoms with E-state index in [9.17, 15) is 13.2 Å². The Kier molecular flexibility index (Phi) is 4.72. The fourth-order valence-corrected chi connectivity index (χ4v) is 3.67. The van der Waals surface area contributed by atoms with Gasteiger partial charge in [0.05, 0.1) is 28.6 Å². The molecule has 0 unspecified atom stereocenters. The summed E-state index contributed by atoms with van der Waals surface area (Å²) in [6.07, 6.45) is 1.90. The zero-order valence-electron chi connectivity index (χ0n) is 13.4. The second-order valence-corrected chi connectivity index (χ2v) is 7.65. The summed E-state index contributed by atoms with van der Waals surface area (Å²) in [6, 6.07) is 15.2. The van der Waals surface area contributed by atoms with Gasteiger partial charge in [0.15, 0.2) is 0 Å². The molecule has 0 radical (unpaired) electrons. The number of hydrogen-bond donors (Lipinski definition) is 2. The van der Waals surface area contributed by atoms with Gasteiger partial charge in [-0.2, -0.15) is 5.26 Å². The smallest absolute Gasteiger partial charge is 0.253 e. The molecule has 2 aromatic carbocycles. The predicted octanol–water partition coefficient (Wildman–Crippen LogP) is 2.39. The number of carbonyl (C=O) groups excluding carboxylic acids is 1. The summed E-state index contributed by atoms with van der Waals surface area (Å²) in [7, 11) is -3.77. The zero-order valence-corrected chi connectivity index (χ0v) is 14.2. The summed E-state index contributed by atoms with van der Waals surface area (Å²) in [6.45, 7) is 0. The van der Waals surface area contributed by atoms with E-state index in [-0.39, 0.29) is 29.0 Å². The largest absolute Gasteiger partial charge is 0.349 e. The van der Waals surface area contributed by atoms with Crippen molar-refractivity contribution in [2.75, 3.05) is 4.72 Å². The third-order valence-corrected chi connectivity index (χ3v) is 5.06. The van der Waals surface area contributed by atoms with Gasteiger partial charge in [0.25, 0.3) is 5.91 Å². The Balaban J connectivity index is 1.81. The number of sulfonamides is 1. The minimum atomic E-state index is -3.77. The van der Waals surface area contributed by atoms with Crippen LogP contribution in [0.4, 0.5) is 5.69 Å². The Morgan fingerprint density at radius 2 is 1.80 bits per heavy atom. The van der Waals surface area contributed by atoms with E-state index in [1.54, 1.807) is 48.5 Å². The van der Waals surface area contributed by atoms with Crippen LogP contribution in [0.3, 0.4) is 0 Å². The average Bonchev–Trinajstić information content (AvgIpc) is 3.39. The molecule has 0 aliphatic heterocycles. The molecule has 1 saturated carbocycles. The van der Waals surface area contributed by atoms with Gasteiger partial charge in [-0.1, -0.05) is 30.3 Å². The maximum absolute atomic E-state index is 12.5. The Bertz CT molecular complexity index is 944. The van der Waals surface area contributed by atoms with Crippen molar-refractivity contribution >= 4 is 21.6 Å². The van der Waals surface area contributed by atoms with E-state index in [4.69, 9.17) is 5.26 Å². The minimum absolute atomic E-state index is 0.180. The third-order valence-electron chi connectivity index (χ3n) is 3.83. The maximum atomic E-state index is 12.5. The molecular weight excluding hydrogens is 338 g/mol. The van der Waals surface area contributed by atoms with Crippen LogP contribution in [-0.4, -0.2) is 20.4 Å². The van der Waals surface area contributed by atoms with Gasteiger partial charge in [-0.25, -0.2) is 8.42 Å². The summed E-state index contributed by atoms with van der Waals surface area (Å²) < 4.78 is 27.5. The zero-order chi connectivity index (χ0) is 17.9. The number of amides is 1. The molecule has 3 rings (SSSR count). The van der Waals surface area contributed by atoms with E-state index in [0.717, 1.165) is 12.8 Å². The number of hydrogen-bond acceptors (Lipinski definition) is 4. The number of para-hydroxylation sites is 1. The summed E-state index contributed by atoms with van der Waals surface area (Å²) in [5, 5.41) is 11.9. The quantitative estimate of drug-likeness (QED) is 0.831. The predicted molar refractivity (Wildman–Crippen MR) is 94.3 cm³/mol. The van der Waals surface area contributed by atoms with Crippen LogP contribution in [0.25, 0.3) is 0 Å². The number of nitriles is 1. The Labute approximate surface area is 146 Å². The summed E-state index contributed by atoms with van der Waals surface area (Å²) >= 11 is 0. The van der Waals surface area contributed by atoms with Gasteiger partial charge in [0, 0.05) is 6.04 Å². The monoisotopic (exact) mass is 355 g/mol. The van der Waals surface area contributed by atoms with Crippen molar-refractivity contribution in [2.45, 2.75) is 24.6 Å². The fourth-order valence-electron chi connectivity index (χ4n) is 2.42. The van der Waals surface area contributed by atoms with E-state index in [1.807, 2.05) is 6.07 Å². The number of anilines is 1. The third kappa shape index (κ3) is 4.37. The number of benzene rings is 2. The lowest BCUT2D eigenvalue weighted by molar-refractivity contribution is 0.0952. The second-order valence-electron chi connectivity index (χ2n) is 5.92. The van der Waals surface area contributed by atoms with Crippen LogP contribution < -0.4 is 10.0 Å². The molecule has 6 nitrogen and oxygen atoms in total. The first-order valence-electron chi connectivity index (χ1n) is 7.87. The topological polar surface area (TPSA) is 99.1 Å². The molecule has 1 aliphatic carbocycles. The molecule has 1 aliphatic rings. The van der Waals surface area contributed by atoms with Crippen molar-refractivity contribution < 1.29 is 13.2 Å². The van der Waals surface area contributed by atoms with E-state index in [1.165, 1.54) is 0 Å². The van der Waals surface area contributed by atoms with Crippen LogP contribution in [-0.2, 0) is 15.8 Å². The molecule has 0 spiro atoms. The van der Waals surface area contributed by atoms with E-state index in [0.29, 0.717) is 11.1 Å². The first-order valence-corrected chi connectivity index (χ1v) is 9.52. The van der Waals surface area contributed by atoms with Crippen molar-refractivity contribution in [2.24, 2.45) is 0 Å². The maximum Gasteiger partial charge on any atom is 0.253 e. The van der Waals surface area contributed by atoms with Crippen LogP contribution >= 0.6 is 0 Å². The Morgan fingerprint density at radius 3 is 2.52 bits per heavy atom. The standard InChI is InChI=1S/C18H17N3O3S/c19-11-13-5-1-2-6-14(13)12-25(23,24)21-17-8-4-3-7-16(17)18(22)20-15-9-10-15/h1-8,15,21H,9-10,12H2,(H,20,22). The average molecular weight is 355 g/mol. The van der Waals surface area contributed by atoms with Gasteiger partial charge in [-0.3, -0.25) is 9.52 Å². The van der Waals surface area contributed by atoms with Crippen molar-refractivity contribution in [1.82, 2.24) is 5.32 Å². The van der Waals surface area contributed by atoms with Crippen molar-refractivity contribution in [3.63, 3.8) is 0 Å². The molecule has 0 aromatic heterocycles. The summed E-state index contributed by atoms with van der Waals surface area (Å²) in [4.78, 5) is 12.3. The molecule has 1 fully saturated rings. The second kappa shape index (κ2) is 6.95. The van der Waals surface area contributed by atoms with Crippen molar-refractivity contribution in [3.05, 3.63) is 65.2 Å². The summed E-state index contributed by atoms with van der Waals surface area (Å²) in [5.41, 5.74) is 1.24. The van der Waals surface area contributed by atoms with Gasteiger partial charge in [-0.05, 0) is 36.6 Å². The number of rotatable bonds is 6. The molecule has 0 atom stereocenters. The van der Waals surface area contributed by atoms with Gasteiger partial charge in [0.2, 0.25) is 10.0 Å². The van der Waals surface area contributed by atoms with Gasteiger partial charge in [-0.15, -0.1) is 0 Å². The van der Waals surface area contributed by atoms with E-state index in [2.05, 4.69) is 10.0 Å². The first kappa shape index (κ1) is 17.0. The van der Waals surface area contributed by atoms with Gasteiger partial charge in [0.1, 0.15) is 0 Å². The Hall–Kier alpha value is -2.85. The van der Waals surface area contributed by atoms with Gasteiger partial charge >= 0.3 is 0 Å². The molecule has 25 heavy (non-hydrogen) atoms. The van der Waals surface area contributed by atoms with Crippen molar-refractivity contribution in [1.29, 1.82) is 5.26 Å². The SMILES string of the molecule is N#Cc1ccccc1CS(=O)(=O)Nc1ccccc1C(=O)NC1CC1.